The van der Waals surface area contributed by atoms with Crippen LogP contribution in [0.15, 0.2) is 182 Å². The van der Waals surface area contributed by atoms with E-state index in [0.29, 0.717) is 0 Å². The molecule has 1 nitrogen and oxygen atoms in total. The maximum absolute atomic E-state index is 16.4. The minimum Gasteiger partial charge on any atom is -0.309 e. The molecule has 0 unspecified atom stereocenters. The van der Waals surface area contributed by atoms with Crippen LogP contribution in [0, 0.1) is 7.14 Å². The van der Waals surface area contributed by atoms with Gasteiger partial charge in [0.25, 0.3) is 0 Å². The Morgan fingerprint density at radius 1 is 0.408 bits per heavy atom. The molecule has 8 aromatic carbocycles. The first-order chi connectivity index (χ1) is 24.1. The third-order valence-electron chi connectivity index (χ3n) is 9.05. The summed E-state index contributed by atoms with van der Waals surface area (Å²) in [7, 11) is -4.39. The summed E-state index contributed by atoms with van der Waals surface area (Å²) in [5.74, 6) is 0. The molecule has 0 saturated carbocycles. The van der Waals surface area contributed by atoms with Crippen molar-refractivity contribution in [2.45, 2.75) is 0 Å². The van der Waals surface area contributed by atoms with Crippen molar-refractivity contribution in [1.82, 2.24) is 0 Å². The third-order valence-corrected chi connectivity index (χ3v) is 16.4. The normalized spacial score (nSPS) is 11.7. The molecule has 0 amide bonds. The van der Waals surface area contributed by atoms with Gasteiger partial charge >= 0.3 is 0 Å². The summed E-state index contributed by atoms with van der Waals surface area (Å²) in [4.78, 5) is 0. The standard InChI is InChI=1S/C44H30I2OP2/c45-39-29-41(48(31-17-5-1-6-18-31)32-19-7-2-8-20-32)43(37-27-15-13-25-35(37)39)44-38-28-16-14-26-36(38)40(46)30-42(44)49(47,33-21-9-3-10-22-33)34-23-11-4-12-24-34/h1-30H. The van der Waals surface area contributed by atoms with E-state index >= 15 is 4.57 Å². The third kappa shape index (κ3) is 5.89. The van der Waals surface area contributed by atoms with E-state index in [0.717, 1.165) is 41.4 Å². The summed E-state index contributed by atoms with van der Waals surface area (Å²) in [6.45, 7) is 0. The largest absolute Gasteiger partial charge is 0.309 e. The summed E-state index contributed by atoms with van der Waals surface area (Å²) in [5.41, 5.74) is 2.21. The molecule has 0 aliphatic carbocycles. The van der Waals surface area contributed by atoms with Crippen molar-refractivity contribution in [3.63, 3.8) is 0 Å². The summed E-state index contributed by atoms with van der Waals surface area (Å²) in [6, 6.07) is 64.0. The molecule has 0 fully saturated rings. The van der Waals surface area contributed by atoms with Gasteiger partial charge in [-0.2, -0.15) is 0 Å². The van der Waals surface area contributed by atoms with Crippen LogP contribution >= 0.6 is 60.2 Å². The van der Waals surface area contributed by atoms with Crippen LogP contribution in [-0.4, -0.2) is 0 Å². The lowest BCUT2D eigenvalue weighted by atomic mass is 9.93. The van der Waals surface area contributed by atoms with E-state index in [1.807, 2.05) is 60.7 Å². The van der Waals surface area contributed by atoms with Gasteiger partial charge in [0, 0.05) is 28.6 Å². The Labute approximate surface area is 315 Å². The molecule has 0 bridgehead atoms. The molecular weight excluding hydrogens is 860 g/mol. The predicted molar refractivity (Wildman–Crippen MR) is 230 cm³/mol. The van der Waals surface area contributed by atoms with Gasteiger partial charge in [-0.3, -0.25) is 0 Å². The lowest BCUT2D eigenvalue weighted by Gasteiger charge is -2.29. The number of rotatable bonds is 7. The maximum atomic E-state index is 16.4. The van der Waals surface area contributed by atoms with E-state index in [2.05, 4.69) is 167 Å². The van der Waals surface area contributed by atoms with Crippen molar-refractivity contribution in [1.29, 1.82) is 0 Å². The molecule has 0 saturated heterocycles. The average Bonchev–Trinajstić information content (AvgIpc) is 3.17. The Bertz CT molecular complexity index is 2400. The van der Waals surface area contributed by atoms with Crippen LogP contribution < -0.4 is 31.8 Å². The Kier molecular flexibility index (Phi) is 9.29. The Balaban J connectivity index is 1.60. The number of hydrogen-bond donors (Lipinski definition) is 0. The van der Waals surface area contributed by atoms with Gasteiger partial charge in [-0.25, -0.2) is 0 Å². The quantitative estimate of drug-likeness (QED) is 0.115. The van der Waals surface area contributed by atoms with Gasteiger partial charge < -0.3 is 4.57 Å². The molecule has 0 aromatic heterocycles. The number of benzene rings is 8. The molecular formula is C44H30I2OP2. The smallest absolute Gasteiger partial charge is 0.171 e. The fraction of sp³-hybridized carbons (Fsp3) is 0. The highest BCUT2D eigenvalue weighted by atomic mass is 127. The Morgan fingerprint density at radius 2 is 0.776 bits per heavy atom. The first kappa shape index (κ1) is 32.6. The summed E-state index contributed by atoms with van der Waals surface area (Å²) < 4.78 is 18.7. The first-order valence-electron chi connectivity index (χ1n) is 16.1. The van der Waals surface area contributed by atoms with Crippen molar-refractivity contribution in [2.75, 3.05) is 0 Å². The van der Waals surface area contributed by atoms with Gasteiger partial charge in [-0.1, -0.05) is 170 Å². The second kappa shape index (κ2) is 14.0. The van der Waals surface area contributed by atoms with Crippen LogP contribution in [0.4, 0.5) is 0 Å². The predicted octanol–water partition coefficient (Wildman–Crippen LogP) is 10.3. The lowest BCUT2D eigenvalue weighted by Crippen LogP contribution is -2.29. The van der Waals surface area contributed by atoms with Crippen molar-refractivity contribution in [3.05, 3.63) is 189 Å². The summed E-state index contributed by atoms with van der Waals surface area (Å²) in [6.07, 6.45) is 0. The maximum Gasteiger partial charge on any atom is 0.171 e. The van der Waals surface area contributed by atoms with Crippen molar-refractivity contribution >= 4 is 114 Å². The van der Waals surface area contributed by atoms with Crippen LogP contribution in [-0.2, 0) is 4.57 Å². The minimum absolute atomic E-state index is 0.832. The lowest BCUT2D eigenvalue weighted by molar-refractivity contribution is 0.592. The van der Waals surface area contributed by atoms with Crippen LogP contribution in [0.1, 0.15) is 0 Å². The first-order valence-corrected chi connectivity index (χ1v) is 21.3. The highest BCUT2D eigenvalue weighted by molar-refractivity contribution is 14.1. The fourth-order valence-electron chi connectivity index (χ4n) is 6.87. The molecule has 49 heavy (non-hydrogen) atoms. The average molecular weight is 890 g/mol. The number of halogens is 2. The van der Waals surface area contributed by atoms with Crippen molar-refractivity contribution < 1.29 is 4.57 Å². The molecule has 0 atom stereocenters. The minimum atomic E-state index is -3.39. The van der Waals surface area contributed by atoms with E-state index in [1.165, 1.54) is 30.3 Å². The zero-order valence-electron chi connectivity index (χ0n) is 26.4. The molecule has 0 aliphatic rings. The van der Waals surface area contributed by atoms with E-state index in [1.54, 1.807) is 0 Å². The zero-order valence-corrected chi connectivity index (χ0v) is 32.5. The molecule has 0 aliphatic heterocycles. The molecule has 0 radical (unpaired) electrons. The van der Waals surface area contributed by atoms with Gasteiger partial charge in [0.05, 0.1) is 0 Å². The molecule has 8 aromatic rings. The molecule has 0 heterocycles. The number of fused-ring (bicyclic) bond motifs is 2. The van der Waals surface area contributed by atoms with Gasteiger partial charge in [-0.05, 0) is 108 Å². The molecule has 0 spiro atoms. The monoisotopic (exact) mass is 890 g/mol. The Morgan fingerprint density at radius 3 is 1.24 bits per heavy atom. The second-order valence-corrected chi connectivity index (χ2v) is 19.1. The molecule has 8 rings (SSSR count). The molecule has 0 N–H and O–H groups in total. The van der Waals surface area contributed by atoms with E-state index in [-0.39, 0.29) is 0 Å². The number of hydrogen-bond acceptors (Lipinski definition) is 1. The topological polar surface area (TPSA) is 17.1 Å². The van der Waals surface area contributed by atoms with Crippen LogP contribution in [0.5, 0.6) is 0 Å². The second-order valence-electron chi connectivity index (χ2n) is 11.9. The molecule has 236 valence electrons. The van der Waals surface area contributed by atoms with Gasteiger partial charge in [0.15, 0.2) is 7.14 Å². The zero-order chi connectivity index (χ0) is 33.4. The van der Waals surface area contributed by atoms with Crippen LogP contribution in [0.25, 0.3) is 32.7 Å². The van der Waals surface area contributed by atoms with Crippen molar-refractivity contribution in [2.24, 2.45) is 0 Å². The van der Waals surface area contributed by atoms with E-state index < -0.39 is 15.1 Å². The van der Waals surface area contributed by atoms with Gasteiger partial charge in [-0.15, -0.1) is 0 Å². The van der Waals surface area contributed by atoms with Crippen LogP contribution in [0.3, 0.4) is 0 Å². The molecule has 5 heteroatoms. The van der Waals surface area contributed by atoms with E-state index in [4.69, 9.17) is 0 Å². The fourth-order valence-corrected chi connectivity index (χ4v) is 14.3. The van der Waals surface area contributed by atoms with Crippen molar-refractivity contribution in [3.8, 4) is 11.1 Å². The highest BCUT2D eigenvalue weighted by Gasteiger charge is 2.36. The van der Waals surface area contributed by atoms with Crippen LogP contribution in [0.2, 0.25) is 0 Å². The Hall–Kier alpha value is -3.60. The van der Waals surface area contributed by atoms with E-state index in [9.17, 15) is 0 Å². The summed E-state index contributed by atoms with van der Waals surface area (Å²) >= 11 is 4.96. The van der Waals surface area contributed by atoms with Gasteiger partial charge in [0.1, 0.15) is 0 Å². The van der Waals surface area contributed by atoms with Gasteiger partial charge in [0.2, 0.25) is 0 Å². The summed E-state index contributed by atoms with van der Waals surface area (Å²) in [5, 5.41) is 11.0. The SMILES string of the molecule is O=P(c1ccccc1)(c1ccccc1)c1cc(I)c2ccccc2c1-c1c(P(c2ccccc2)c2ccccc2)cc(I)c2ccccc12. The highest BCUT2D eigenvalue weighted by Crippen LogP contribution is 2.50.